The summed E-state index contributed by atoms with van der Waals surface area (Å²) in [6, 6.07) is 7.02. The molecule has 1 atom stereocenters. The molecule has 1 aromatic rings. The highest BCUT2D eigenvalue weighted by molar-refractivity contribution is 8.01. The van der Waals surface area contributed by atoms with Crippen LogP contribution in [0.15, 0.2) is 24.3 Å². The highest BCUT2D eigenvalue weighted by Crippen LogP contribution is 2.34. The molecule has 2 rings (SSSR count). The summed E-state index contributed by atoms with van der Waals surface area (Å²) < 4.78 is 5.40. The van der Waals surface area contributed by atoms with Crippen LogP contribution in [0.5, 0.6) is 5.75 Å². The van der Waals surface area contributed by atoms with Crippen LogP contribution in [0, 0.1) is 0 Å². The van der Waals surface area contributed by atoms with E-state index in [1.807, 2.05) is 20.8 Å². The van der Waals surface area contributed by atoms with Crippen molar-refractivity contribution in [3.63, 3.8) is 0 Å². The normalized spacial score (nSPS) is 17.9. The number of thioether (sulfide) groups is 1. The molecule has 1 aromatic carbocycles. The zero-order chi connectivity index (χ0) is 15.6. The lowest BCUT2D eigenvalue weighted by Crippen LogP contribution is -2.47. The predicted octanol–water partition coefficient (Wildman–Crippen LogP) is 2.40. The molecule has 0 radical (unpaired) electrons. The number of carbonyl (C=O) groups excluding carboxylic acids is 1. The molecular weight excluding hydrogens is 290 g/mol. The molecule has 6 heteroatoms. The van der Waals surface area contributed by atoms with Crippen LogP contribution in [0.3, 0.4) is 0 Å². The van der Waals surface area contributed by atoms with E-state index in [4.69, 9.17) is 9.84 Å². The minimum absolute atomic E-state index is 0.0202. The summed E-state index contributed by atoms with van der Waals surface area (Å²) in [6.45, 7) is 6.16. The highest BCUT2D eigenvalue weighted by atomic mass is 32.2. The van der Waals surface area contributed by atoms with Crippen molar-refractivity contribution in [2.24, 2.45) is 0 Å². The summed E-state index contributed by atoms with van der Waals surface area (Å²) in [7, 11) is 0. The lowest BCUT2D eigenvalue weighted by atomic mass is 10.2. The maximum atomic E-state index is 12.4. The largest absolute Gasteiger partial charge is 0.478 e. The number of ether oxygens (including phenoxy) is 1. The summed E-state index contributed by atoms with van der Waals surface area (Å²) >= 11 is 1.54. The van der Waals surface area contributed by atoms with E-state index in [0.717, 1.165) is 0 Å². The number of hydrogen-bond donors (Lipinski definition) is 1. The van der Waals surface area contributed by atoms with Crippen LogP contribution < -0.4 is 9.64 Å². The second kappa shape index (κ2) is 5.97. The number of aliphatic carboxylic acids is 1. The summed E-state index contributed by atoms with van der Waals surface area (Å²) in [6.07, 6.45) is -1.02. The van der Waals surface area contributed by atoms with Gasteiger partial charge in [-0.3, -0.25) is 4.79 Å². The van der Waals surface area contributed by atoms with Gasteiger partial charge < -0.3 is 14.7 Å². The van der Waals surface area contributed by atoms with Crippen LogP contribution in [0.25, 0.3) is 0 Å². The van der Waals surface area contributed by atoms with Crippen molar-refractivity contribution >= 4 is 29.3 Å². The van der Waals surface area contributed by atoms with Crippen LogP contribution >= 0.6 is 11.8 Å². The third-order valence-corrected chi connectivity index (χ3v) is 4.24. The Morgan fingerprint density at radius 1 is 1.38 bits per heavy atom. The fourth-order valence-corrected chi connectivity index (χ4v) is 2.67. The first kappa shape index (κ1) is 15.7. The second-order valence-corrected chi connectivity index (χ2v) is 7.62. The van der Waals surface area contributed by atoms with Crippen LogP contribution in [0.4, 0.5) is 5.69 Å². The lowest BCUT2D eigenvalue weighted by molar-refractivity contribution is -0.145. The van der Waals surface area contributed by atoms with E-state index in [2.05, 4.69) is 0 Å². The molecule has 0 saturated carbocycles. The van der Waals surface area contributed by atoms with Crippen LogP contribution in [-0.2, 0) is 9.59 Å². The first-order valence-electron chi connectivity index (χ1n) is 6.71. The number of para-hydroxylation sites is 2. The van der Waals surface area contributed by atoms with Gasteiger partial charge in [-0.2, -0.15) is 0 Å². The molecule has 0 spiro atoms. The zero-order valence-electron chi connectivity index (χ0n) is 12.3. The van der Waals surface area contributed by atoms with Crippen molar-refractivity contribution in [2.45, 2.75) is 31.6 Å². The van der Waals surface area contributed by atoms with E-state index < -0.39 is 12.1 Å². The molecule has 0 saturated heterocycles. The summed E-state index contributed by atoms with van der Waals surface area (Å²) in [5.74, 6) is -0.419. The molecular formula is C15H19NO4S. The standard InChI is InChI=1S/C15H19NO4S/c1-15(2,3)21-9-13(17)16-8-12(14(18)19)20-11-7-5-4-6-10(11)16/h4-7,12H,8-9H2,1-3H3,(H,18,19). The number of benzene rings is 1. The number of rotatable bonds is 3. The molecule has 1 amide bonds. The van der Waals surface area contributed by atoms with Gasteiger partial charge >= 0.3 is 5.97 Å². The summed E-state index contributed by atoms with van der Waals surface area (Å²) in [4.78, 5) is 25.1. The van der Waals surface area contributed by atoms with Crippen molar-refractivity contribution in [1.29, 1.82) is 0 Å². The zero-order valence-corrected chi connectivity index (χ0v) is 13.1. The average molecular weight is 309 g/mol. The monoisotopic (exact) mass is 309 g/mol. The molecule has 1 aliphatic heterocycles. The van der Waals surface area contributed by atoms with E-state index in [-0.39, 0.29) is 17.2 Å². The van der Waals surface area contributed by atoms with Crippen molar-refractivity contribution < 1.29 is 19.4 Å². The second-order valence-electron chi connectivity index (χ2n) is 5.82. The van der Waals surface area contributed by atoms with E-state index >= 15 is 0 Å². The Morgan fingerprint density at radius 3 is 2.67 bits per heavy atom. The quantitative estimate of drug-likeness (QED) is 0.928. The highest BCUT2D eigenvalue weighted by Gasteiger charge is 2.33. The lowest BCUT2D eigenvalue weighted by Gasteiger charge is -2.33. The first-order chi connectivity index (χ1) is 9.78. The van der Waals surface area contributed by atoms with E-state index in [1.54, 1.807) is 36.0 Å². The summed E-state index contributed by atoms with van der Waals surface area (Å²) in [5.41, 5.74) is 0.634. The smallest absolute Gasteiger partial charge is 0.346 e. The molecule has 21 heavy (non-hydrogen) atoms. The Hall–Kier alpha value is -1.69. The Morgan fingerprint density at radius 2 is 2.05 bits per heavy atom. The van der Waals surface area contributed by atoms with Crippen molar-refractivity contribution in [1.82, 2.24) is 0 Å². The molecule has 1 unspecified atom stereocenters. The van der Waals surface area contributed by atoms with Gasteiger partial charge in [0.15, 0.2) is 0 Å². The topological polar surface area (TPSA) is 66.8 Å². The van der Waals surface area contributed by atoms with Gasteiger partial charge in [-0.05, 0) is 12.1 Å². The number of nitrogens with zero attached hydrogens (tertiary/aromatic N) is 1. The SMILES string of the molecule is CC(C)(C)SCC(=O)N1CC(C(=O)O)Oc2ccccc21. The molecule has 114 valence electrons. The Balaban J connectivity index is 2.21. The van der Waals surface area contributed by atoms with E-state index in [9.17, 15) is 9.59 Å². The number of fused-ring (bicyclic) bond motifs is 1. The third kappa shape index (κ3) is 3.91. The van der Waals surface area contributed by atoms with Crippen molar-refractivity contribution in [3.05, 3.63) is 24.3 Å². The van der Waals surface area contributed by atoms with Crippen LogP contribution in [0.1, 0.15) is 20.8 Å². The number of anilines is 1. The number of carboxylic acids is 1. The Bertz CT molecular complexity index is 553. The summed E-state index contributed by atoms with van der Waals surface area (Å²) in [5, 5.41) is 9.15. The number of carboxylic acid groups (broad SMARTS) is 1. The fraction of sp³-hybridized carbons (Fsp3) is 0.467. The Kier molecular flexibility index (Phi) is 4.46. The van der Waals surface area contributed by atoms with Gasteiger partial charge in [0, 0.05) is 4.75 Å². The maximum absolute atomic E-state index is 12.4. The van der Waals surface area contributed by atoms with Crippen molar-refractivity contribution in [3.8, 4) is 5.75 Å². The van der Waals surface area contributed by atoms with E-state index in [1.165, 1.54) is 4.90 Å². The van der Waals surface area contributed by atoms with Gasteiger partial charge in [0.25, 0.3) is 0 Å². The molecule has 0 bridgehead atoms. The van der Waals surface area contributed by atoms with E-state index in [0.29, 0.717) is 17.2 Å². The van der Waals surface area contributed by atoms with Crippen molar-refractivity contribution in [2.75, 3.05) is 17.2 Å². The maximum Gasteiger partial charge on any atom is 0.346 e. The number of hydrogen-bond acceptors (Lipinski definition) is 4. The average Bonchev–Trinajstić information content (AvgIpc) is 2.42. The molecule has 0 aromatic heterocycles. The van der Waals surface area contributed by atoms with Gasteiger partial charge in [-0.1, -0.05) is 32.9 Å². The number of carbonyl (C=O) groups is 2. The minimum atomic E-state index is -1.06. The fourth-order valence-electron chi connectivity index (χ4n) is 1.96. The minimum Gasteiger partial charge on any atom is -0.478 e. The molecule has 1 heterocycles. The van der Waals surface area contributed by atoms with Crippen LogP contribution in [0.2, 0.25) is 0 Å². The molecule has 1 aliphatic rings. The first-order valence-corrected chi connectivity index (χ1v) is 7.69. The van der Waals surface area contributed by atoms with Gasteiger partial charge in [0.05, 0.1) is 18.0 Å². The molecule has 0 fully saturated rings. The van der Waals surface area contributed by atoms with Gasteiger partial charge in [0.1, 0.15) is 5.75 Å². The van der Waals surface area contributed by atoms with Gasteiger partial charge in [-0.15, -0.1) is 11.8 Å². The molecule has 1 N–H and O–H groups in total. The third-order valence-electron chi connectivity index (χ3n) is 2.98. The van der Waals surface area contributed by atoms with Gasteiger partial charge in [-0.25, -0.2) is 4.79 Å². The Labute approximate surface area is 128 Å². The number of amides is 1. The molecule has 0 aliphatic carbocycles. The van der Waals surface area contributed by atoms with Crippen LogP contribution in [-0.4, -0.2) is 40.1 Å². The van der Waals surface area contributed by atoms with Gasteiger partial charge in [0.2, 0.25) is 12.0 Å². The molecule has 5 nitrogen and oxygen atoms in total. The predicted molar refractivity (Wildman–Crippen MR) is 83.1 cm³/mol.